The first-order valence-corrected chi connectivity index (χ1v) is 10.6. The minimum Gasteiger partial charge on any atom is -0.362 e. The van der Waals surface area contributed by atoms with E-state index in [1.807, 2.05) is 19.9 Å². The van der Waals surface area contributed by atoms with Crippen LogP contribution >= 0.6 is 7.60 Å². The van der Waals surface area contributed by atoms with Crippen LogP contribution in [0.1, 0.15) is 39.2 Å². The van der Waals surface area contributed by atoms with Crippen LogP contribution in [0.15, 0.2) is 47.0 Å². The number of nitro benzene ring substituents is 1. The van der Waals surface area contributed by atoms with Gasteiger partial charge in [-0.2, -0.15) is 0 Å². The van der Waals surface area contributed by atoms with Crippen LogP contribution in [0.25, 0.3) is 0 Å². The molecule has 0 aliphatic carbocycles. The van der Waals surface area contributed by atoms with E-state index >= 15 is 0 Å². The van der Waals surface area contributed by atoms with E-state index in [0.717, 1.165) is 5.70 Å². The molecule has 1 unspecified atom stereocenters. The SMILES string of the molecule is CC1=CC(c2cccc([N+](=O)[O-])c2)C(P2(=O)OCC(C(C)C)CO2)=C(C)N1. The summed E-state index contributed by atoms with van der Waals surface area (Å²) in [5.74, 6) is 0.152. The van der Waals surface area contributed by atoms with Crippen LogP contribution in [0.3, 0.4) is 0 Å². The van der Waals surface area contributed by atoms with Crippen LogP contribution in [0.5, 0.6) is 0 Å². The molecule has 1 aromatic carbocycles. The van der Waals surface area contributed by atoms with Gasteiger partial charge in [-0.05, 0) is 25.3 Å². The Morgan fingerprint density at radius 2 is 1.93 bits per heavy atom. The molecule has 0 amide bonds. The van der Waals surface area contributed by atoms with Gasteiger partial charge in [0.15, 0.2) is 0 Å². The summed E-state index contributed by atoms with van der Waals surface area (Å²) in [6.45, 7) is 8.64. The van der Waals surface area contributed by atoms with Crippen molar-refractivity contribution < 1.29 is 18.5 Å². The highest BCUT2D eigenvalue weighted by atomic mass is 31.2. The molecule has 0 spiro atoms. The van der Waals surface area contributed by atoms with Crippen LogP contribution in [0, 0.1) is 22.0 Å². The molecule has 146 valence electrons. The molecule has 0 saturated carbocycles. The zero-order valence-corrected chi connectivity index (χ0v) is 16.9. The third-order valence-corrected chi connectivity index (χ3v) is 7.26. The van der Waals surface area contributed by atoms with Crippen LogP contribution in [0.2, 0.25) is 0 Å². The Kier molecular flexibility index (Phi) is 5.56. The molecule has 2 aliphatic rings. The number of nitrogens with one attached hydrogen (secondary N) is 1. The lowest BCUT2D eigenvalue weighted by Crippen LogP contribution is -2.28. The lowest BCUT2D eigenvalue weighted by molar-refractivity contribution is -0.384. The molecular weight excluding hydrogens is 367 g/mol. The maximum atomic E-state index is 13.6. The maximum absolute atomic E-state index is 13.6. The molecule has 3 rings (SSSR count). The summed E-state index contributed by atoms with van der Waals surface area (Å²) >= 11 is 0. The quantitative estimate of drug-likeness (QED) is 0.444. The number of nitro groups is 1. The van der Waals surface area contributed by atoms with E-state index in [9.17, 15) is 14.7 Å². The molecule has 1 N–H and O–H groups in total. The Balaban J connectivity index is 2.00. The fourth-order valence-corrected chi connectivity index (χ4v) is 5.58. The van der Waals surface area contributed by atoms with Crippen molar-refractivity contribution >= 4 is 13.3 Å². The molecule has 27 heavy (non-hydrogen) atoms. The highest BCUT2D eigenvalue weighted by Gasteiger charge is 2.43. The van der Waals surface area contributed by atoms with Gasteiger partial charge in [-0.15, -0.1) is 0 Å². The number of allylic oxidation sites excluding steroid dienone is 4. The van der Waals surface area contributed by atoms with Crippen molar-refractivity contribution in [1.82, 2.24) is 5.32 Å². The molecule has 0 radical (unpaired) electrons. The first kappa shape index (κ1) is 19.8. The van der Waals surface area contributed by atoms with Crippen molar-refractivity contribution in [2.24, 2.45) is 11.8 Å². The van der Waals surface area contributed by atoms with Gasteiger partial charge in [0, 0.05) is 35.4 Å². The van der Waals surface area contributed by atoms with E-state index in [4.69, 9.17) is 9.05 Å². The van der Waals surface area contributed by atoms with E-state index in [1.54, 1.807) is 12.1 Å². The van der Waals surface area contributed by atoms with Gasteiger partial charge in [0.2, 0.25) is 0 Å². The second-order valence-corrected chi connectivity index (χ2v) is 9.40. The lowest BCUT2D eigenvalue weighted by Gasteiger charge is -2.36. The normalized spacial score (nSPS) is 28.7. The number of rotatable bonds is 4. The van der Waals surface area contributed by atoms with Crippen molar-refractivity contribution in [2.75, 3.05) is 13.2 Å². The van der Waals surface area contributed by atoms with Gasteiger partial charge in [0.05, 0.1) is 23.5 Å². The van der Waals surface area contributed by atoms with Crippen molar-refractivity contribution in [2.45, 2.75) is 33.6 Å². The number of nitrogens with zero attached hydrogens (tertiary/aromatic N) is 1. The zero-order valence-electron chi connectivity index (χ0n) is 16.0. The van der Waals surface area contributed by atoms with Gasteiger partial charge in [-0.3, -0.25) is 14.7 Å². The Bertz CT molecular complexity index is 849. The summed E-state index contributed by atoms with van der Waals surface area (Å²) < 4.78 is 25.1. The third kappa shape index (κ3) is 4.00. The molecule has 1 fully saturated rings. The molecule has 1 aromatic rings. The molecule has 0 bridgehead atoms. The summed E-state index contributed by atoms with van der Waals surface area (Å²) in [5.41, 5.74) is 2.28. The minimum atomic E-state index is -3.51. The van der Waals surface area contributed by atoms with Crippen LogP contribution in [-0.2, 0) is 13.6 Å². The monoisotopic (exact) mass is 392 g/mol. The number of dihydropyridines is 1. The lowest BCUT2D eigenvalue weighted by atomic mass is 9.94. The molecule has 7 nitrogen and oxygen atoms in total. The number of benzene rings is 1. The van der Waals surface area contributed by atoms with Gasteiger partial charge in [-0.1, -0.05) is 32.1 Å². The fraction of sp³-hybridized carbons (Fsp3) is 0.474. The predicted octanol–water partition coefficient (Wildman–Crippen LogP) is 4.93. The van der Waals surface area contributed by atoms with Gasteiger partial charge >= 0.3 is 7.60 Å². The summed E-state index contributed by atoms with van der Waals surface area (Å²) in [7, 11) is -3.51. The first-order chi connectivity index (χ1) is 12.7. The molecule has 0 aromatic heterocycles. The fourth-order valence-electron chi connectivity index (χ4n) is 3.42. The molecule has 1 atom stereocenters. The van der Waals surface area contributed by atoms with Crippen molar-refractivity contribution in [3.05, 3.63) is 62.7 Å². The summed E-state index contributed by atoms with van der Waals surface area (Å²) in [4.78, 5) is 10.7. The van der Waals surface area contributed by atoms with Crippen LogP contribution in [-0.4, -0.2) is 18.1 Å². The van der Waals surface area contributed by atoms with Crippen LogP contribution in [0.4, 0.5) is 5.69 Å². The van der Waals surface area contributed by atoms with Crippen molar-refractivity contribution in [1.29, 1.82) is 0 Å². The molecule has 2 aliphatic heterocycles. The summed E-state index contributed by atoms with van der Waals surface area (Å²) in [5, 5.41) is 14.9. The predicted molar refractivity (Wildman–Crippen MR) is 103 cm³/mol. The number of hydrogen-bond acceptors (Lipinski definition) is 6. The van der Waals surface area contributed by atoms with Gasteiger partial charge in [-0.25, -0.2) is 0 Å². The Labute approximate surface area is 159 Å². The zero-order chi connectivity index (χ0) is 19.8. The minimum absolute atomic E-state index is 0.00211. The highest BCUT2D eigenvalue weighted by Crippen LogP contribution is 2.64. The van der Waals surface area contributed by atoms with Crippen molar-refractivity contribution in [3.63, 3.8) is 0 Å². The topological polar surface area (TPSA) is 90.7 Å². The molecular formula is C19H25N2O5P. The number of non-ortho nitro benzene ring substituents is 1. The average molecular weight is 392 g/mol. The van der Waals surface area contributed by atoms with Gasteiger partial charge in [0.1, 0.15) is 0 Å². The molecule has 2 heterocycles. The Hall–Kier alpha value is -1.95. The van der Waals surface area contributed by atoms with E-state index < -0.39 is 18.4 Å². The van der Waals surface area contributed by atoms with E-state index in [1.165, 1.54) is 12.1 Å². The number of hydrogen-bond donors (Lipinski definition) is 1. The maximum Gasteiger partial charge on any atom is 0.360 e. The highest BCUT2D eigenvalue weighted by molar-refractivity contribution is 7.58. The average Bonchev–Trinajstić information content (AvgIpc) is 2.61. The third-order valence-electron chi connectivity index (χ3n) is 5.08. The largest absolute Gasteiger partial charge is 0.362 e. The summed E-state index contributed by atoms with van der Waals surface area (Å²) in [6, 6.07) is 6.40. The smallest absolute Gasteiger partial charge is 0.360 e. The first-order valence-electron chi connectivity index (χ1n) is 9.01. The second-order valence-electron chi connectivity index (χ2n) is 7.41. The van der Waals surface area contributed by atoms with Crippen molar-refractivity contribution in [3.8, 4) is 0 Å². The van der Waals surface area contributed by atoms with E-state index in [-0.39, 0.29) is 11.6 Å². The molecule has 8 heteroatoms. The Morgan fingerprint density at radius 3 is 2.52 bits per heavy atom. The standard InChI is InChI=1S/C19H25N2O5P/c1-12(2)16-10-25-27(24,26-11-16)19-14(4)20-13(3)8-18(19)15-6-5-7-17(9-15)21(22)23/h5-9,12,16,18,20H,10-11H2,1-4H3. The van der Waals surface area contributed by atoms with Gasteiger partial charge in [0.25, 0.3) is 5.69 Å². The van der Waals surface area contributed by atoms with Gasteiger partial charge < -0.3 is 14.4 Å². The van der Waals surface area contributed by atoms with Crippen LogP contribution < -0.4 is 5.32 Å². The Morgan fingerprint density at radius 1 is 1.26 bits per heavy atom. The molecule has 1 saturated heterocycles. The van der Waals surface area contributed by atoms with E-state index in [0.29, 0.717) is 35.7 Å². The second kappa shape index (κ2) is 7.58. The van der Waals surface area contributed by atoms with E-state index in [2.05, 4.69) is 19.2 Å². The summed E-state index contributed by atoms with van der Waals surface area (Å²) in [6.07, 6.45) is 1.91.